The Morgan fingerprint density at radius 2 is 2.06 bits per heavy atom. The lowest BCUT2D eigenvalue weighted by atomic mass is 9.94. The number of hydrogen-bond donors (Lipinski definition) is 3. The van der Waals surface area contributed by atoms with Gasteiger partial charge in [0.25, 0.3) is 0 Å². The lowest BCUT2D eigenvalue weighted by Gasteiger charge is -2.22. The maximum Gasteiger partial charge on any atom is 0.224 e. The number of nitrogens with one attached hydrogen (secondary N) is 2. The first-order valence-electron chi connectivity index (χ1n) is 6.49. The molecule has 0 aromatic rings. The van der Waals surface area contributed by atoms with Crippen LogP contribution in [0.4, 0.5) is 0 Å². The lowest BCUT2D eigenvalue weighted by Crippen LogP contribution is -2.45. The summed E-state index contributed by atoms with van der Waals surface area (Å²) < 4.78 is 0. The quantitative estimate of drug-likeness (QED) is 0.588. The second kappa shape index (κ2) is 5.49. The Morgan fingerprint density at radius 1 is 1.29 bits per heavy atom. The van der Waals surface area contributed by atoms with Crippen molar-refractivity contribution in [2.75, 3.05) is 6.54 Å². The van der Waals surface area contributed by atoms with E-state index in [1.54, 1.807) is 0 Å². The largest absolute Gasteiger partial charge is 0.354 e. The van der Waals surface area contributed by atoms with Crippen LogP contribution in [-0.4, -0.2) is 30.4 Å². The van der Waals surface area contributed by atoms with E-state index in [1.165, 1.54) is 6.42 Å². The first kappa shape index (κ1) is 12.4. The van der Waals surface area contributed by atoms with Crippen LogP contribution in [0.2, 0.25) is 0 Å². The van der Waals surface area contributed by atoms with Gasteiger partial charge in [0, 0.05) is 19.0 Å². The van der Waals surface area contributed by atoms with Crippen LogP contribution in [0.1, 0.15) is 38.5 Å². The van der Waals surface area contributed by atoms with E-state index in [-0.39, 0.29) is 29.8 Å². The molecule has 5 nitrogen and oxygen atoms in total. The number of rotatable bonds is 2. The van der Waals surface area contributed by atoms with Crippen LogP contribution in [-0.2, 0) is 9.59 Å². The molecular weight excluding hydrogens is 218 g/mol. The number of carbonyl (C=O) groups excluding carboxylic acids is 2. The maximum absolute atomic E-state index is 12.1. The fourth-order valence-corrected chi connectivity index (χ4v) is 2.68. The predicted octanol–water partition coefficient (Wildman–Crippen LogP) is -0.101. The second-order valence-electron chi connectivity index (χ2n) is 5.12. The van der Waals surface area contributed by atoms with Crippen LogP contribution < -0.4 is 16.4 Å². The summed E-state index contributed by atoms with van der Waals surface area (Å²) in [6.45, 7) is 0.548. The SMILES string of the molecule is NC1CCCCCC1C(=O)NC1CNC(=O)C1. The van der Waals surface area contributed by atoms with Gasteiger partial charge in [-0.05, 0) is 12.8 Å². The number of nitrogens with two attached hydrogens (primary N) is 1. The lowest BCUT2D eigenvalue weighted by molar-refractivity contribution is -0.126. The van der Waals surface area contributed by atoms with E-state index >= 15 is 0 Å². The average molecular weight is 239 g/mol. The van der Waals surface area contributed by atoms with Gasteiger partial charge in [-0.15, -0.1) is 0 Å². The Bertz CT molecular complexity index is 306. The minimum Gasteiger partial charge on any atom is -0.354 e. The van der Waals surface area contributed by atoms with Gasteiger partial charge in [0.05, 0.1) is 12.0 Å². The van der Waals surface area contributed by atoms with E-state index in [0.717, 1.165) is 25.7 Å². The molecule has 1 heterocycles. The van der Waals surface area contributed by atoms with Crippen LogP contribution in [0.3, 0.4) is 0 Å². The first-order chi connectivity index (χ1) is 8.16. The summed E-state index contributed by atoms with van der Waals surface area (Å²) in [6.07, 6.45) is 5.57. The molecule has 4 N–H and O–H groups in total. The van der Waals surface area contributed by atoms with Crippen LogP contribution in [0.25, 0.3) is 0 Å². The Labute approximate surface area is 102 Å². The van der Waals surface area contributed by atoms with E-state index in [0.29, 0.717) is 13.0 Å². The average Bonchev–Trinajstić information content (AvgIpc) is 2.57. The molecule has 96 valence electrons. The van der Waals surface area contributed by atoms with Gasteiger partial charge in [-0.1, -0.05) is 19.3 Å². The number of amides is 2. The molecule has 2 amide bonds. The normalized spacial score (nSPS) is 33.9. The van der Waals surface area contributed by atoms with Gasteiger partial charge in [0.15, 0.2) is 0 Å². The highest BCUT2D eigenvalue weighted by atomic mass is 16.2. The van der Waals surface area contributed by atoms with Gasteiger partial charge in [-0.2, -0.15) is 0 Å². The summed E-state index contributed by atoms with van der Waals surface area (Å²) in [4.78, 5) is 23.1. The Kier molecular flexibility index (Phi) is 3.99. The predicted molar refractivity (Wildman–Crippen MR) is 64.1 cm³/mol. The van der Waals surface area contributed by atoms with Gasteiger partial charge in [-0.3, -0.25) is 9.59 Å². The molecule has 2 fully saturated rings. The van der Waals surface area contributed by atoms with Crippen LogP contribution >= 0.6 is 0 Å². The van der Waals surface area contributed by atoms with Gasteiger partial charge < -0.3 is 16.4 Å². The summed E-state index contributed by atoms with van der Waals surface area (Å²) in [5.41, 5.74) is 6.04. The highest BCUT2D eigenvalue weighted by Crippen LogP contribution is 2.22. The fourth-order valence-electron chi connectivity index (χ4n) is 2.68. The molecule has 0 aromatic carbocycles. The molecule has 1 saturated carbocycles. The van der Waals surface area contributed by atoms with Crippen LogP contribution in [0, 0.1) is 5.92 Å². The zero-order chi connectivity index (χ0) is 12.3. The molecule has 0 radical (unpaired) electrons. The van der Waals surface area contributed by atoms with E-state index < -0.39 is 0 Å². The monoisotopic (exact) mass is 239 g/mol. The molecule has 2 rings (SSSR count). The van der Waals surface area contributed by atoms with Gasteiger partial charge in [-0.25, -0.2) is 0 Å². The maximum atomic E-state index is 12.1. The summed E-state index contributed by atoms with van der Waals surface area (Å²) >= 11 is 0. The summed E-state index contributed by atoms with van der Waals surface area (Å²) in [7, 11) is 0. The Balaban J connectivity index is 1.87. The molecule has 5 heteroatoms. The van der Waals surface area contributed by atoms with Crippen molar-refractivity contribution in [2.45, 2.75) is 50.6 Å². The third-order valence-electron chi connectivity index (χ3n) is 3.73. The molecule has 17 heavy (non-hydrogen) atoms. The first-order valence-corrected chi connectivity index (χ1v) is 6.49. The molecule has 1 aliphatic heterocycles. The minimum atomic E-state index is -0.0757. The molecular formula is C12H21N3O2. The molecule has 1 saturated heterocycles. The summed E-state index contributed by atoms with van der Waals surface area (Å²) in [5.74, 6) is -0.0328. The summed E-state index contributed by atoms with van der Waals surface area (Å²) in [6, 6.07) is -0.0759. The van der Waals surface area contributed by atoms with Gasteiger partial charge in [0.2, 0.25) is 11.8 Å². The van der Waals surface area contributed by atoms with E-state index in [9.17, 15) is 9.59 Å². The van der Waals surface area contributed by atoms with Crippen molar-refractivity contribution < 1.29 is 9.59 Å². The van der Waals surface area contributed by atoms with Crippen molar-refractivity contribution in [3.8, 4) is 0 Å². The smallest absolute Gasteiger partial charge is 0.224 e. The second-order valence-corrected chi connectivity index (χ2v) is 5.12. The minimum absolute atomic E-state index is 0.0143. The molecule has 0 bridgehead atoms. The van der Waals surface area contributed by atoms with Gasteiger partial charge in [0.1, 0.15) is 0 Å². The third kappa shape index (κ3) is 3.19. The van der Waals surface area contributed by atoms with E-state index in [1.807, 2.05) is 0 Å². The van der Waals surface area contributed by atoms with Crippen molar-refractivity contribution in [1.29, 1.82) is 0 Å². The molecule has 3 unspecified atom stereocenters. The van der Waals surface area contributed by atoms with E-state index in [4.69, 9.17) is 5.73 Å². The Morgan fingerprint density at radius 3 is 2.76 bits per heavy atom. The molecule has 1 aliphatic carbocycles. The van der Waals surface area contributed by atoms with Crippen molar-refractivity contribution in [3.63, 3.8) is 0 Å². The van der Waals surface area contributed by atoms with Crippen LogP contribution in [0.15, 0.2) is 0 Å². The fraction of sp³-hybridized carbons (Fsp3) is 0.833. The summed E-state index contributed by atoms with van der Waals surface area (Å²) in [5, 5.41) is 5.65. The molecule has 0 aromatic heterocycles. The molecule has 2 aliphatic rings. The standard InChI is InChI=1S/C12H21N3O2/c13-10-5-3-1-2-4-9(10)12(17)15-8-6-11(16)14-7-8/h8-10H,1-7,13H2,(H,14,16)(H,15,17). The molecule has 0 spiro atoms. The topological polar surface area (TPSA) is 84.2 Å². The highest BCUT2D eigenvalue weighted by Gasteiger charge is 2.30. The van der Waals surface area contributed by atoms with E-state index in [2.05, 4.69) is 10.6 Å². The van der Waals surface area contributed by atoms with Crippen molar-refractivity contribution >= 4 is 11.8 Å². The van der Waals surface area contributed by atoms with Crippen molar-refractivity contribution in [1.82, 2.24) is 10.6 Å². The number of carbonyl (C=O) groups is 2. The zero-order valence-corrected chi connectivity index (χ0v) is 10.1. The number of hydrogen-bond acceptors (Lipinski definition) is 3. The molecule has 3 atom stereocenters. The third-order valence-corrected chi connectivity index (χ3v) is 3.73. The zero-order valence-electron chi connectivity index (χ0n) is 10.1. The highest BCUT2D eigenvalue weighted by molar-refractivity contribution is 5.83. The van der Waals surface area contributed by atoms with Crippen LogP contribution in [0.5, 0.6) is 0 Å². The van der Waals surface area contributed by atoms with Gasteiger partial charge >= 0.3 is 0 Å². The van der Waals surface area contributed by atoms with Crippen molar-refractivity contribution in [3.05, 3.63) is 0 Å². The van der Waals surface area contributed by atoms with Crippen molar-refractivity contribution in [2.24, 2.45) is 11.7 Å². The Hall–Kier alpha value is -1.10.